The molecule has 0 aliphatic carbocycles. The fourth-order valence-electron chi connectivity index (χ4n) is 1.83. The Morgan fingerprint density at radius 3 is 2.57 bits per heavy atom. The minimum absolute atomic E-state index is 0.111. The van der Waals surface area contributed by atoms with Crippen LogP contribution in [0.3, 0.4) is 0 Å². The summed E-state index contributed by atoms with van der Waals surface area (Å²) in [5, 5.41) is 0. The second kappa shape index (κ2) is 8.60. The zero-order valence-electron chi connectivity index (χ0n) is 12.4. The van der Waals surface area contributed by atoms with Gasteiger partial charge in [0.15, 0.2) is 11.5 Å². The predicted octanol–water partition coefficient (Wildman–Crippen LogP) is 2.16. The van der Waals surface area contributed by atoms with Gasteiger partial charge in [0, 0.05) is 6.26 Å². The summed E-state index contributed by atoms with van der Waals surface area (Å²) in [5.74, 6) is 1.36. The third-order valence-corrected chi connectivity index (χ3v) is 4.33. The molecule has 0 heterocycles. The van der Waals surface area contributed by atoms with Crippen LogP contribution in [0.25, 0.3) is 0 Å². The van der Waals surface area contributed by atoms with Crippen LogP contribution in [0.2, 0.25) is 0 Å². The van der Waals surface area contributed by atoms with Crippen LogP contribution < -0.4 is 15.2 Å². The molecule has 1 aromatic carbocycles. The van der Waals surface area contributed by atoms with E-state index in [-0.39, 0.29) is 5.75 Å². The highest BCUT2D eigenvalue weighted by Crippen LogP contribution is 2.37. The maximum atomic E-state index is 11.1. The lowest BCUT2D eigenvalue weighted by molar-refractivity contribution is 0.275. The van der Waals surface area contributed by atoms with E-state index in [9.17, 15) is 8.42 Å². The van der Waals surface area contributed by atoms with E-state index in [1.165, 1.54) is 6.26 Å². The lowest BCUT2D eigenvalue weighted by Crippen LogP contribution is -2.09. The summed E-state index contributed by atoms with van der Waals surface area (Å²) in [4.78, 5) is 0. The molecule has 0 spiro atoms. The van der Waals surface area contributed by atoms with Gasteiger partial charge >= 0.3 is 0 Å². The molecule has 0 fully saturated rings. The highest BCUT2D eigenvalue weighted by molar-refractivity contribution is 9.10. The minimum atomic E-state index is -2.96. The van der Waals surface area contributed by atoms with Crippen LogP contribution in [0.4, 0.5) is 0 Å². The van der Waals surface area contributed by atoms with Gasteiger partial charge < -0.3 is 15.2 Å². The lowest BCUT2D eigenvalue weighted by atomic mass is 10.1. The number of hydrogen-bond acceptors (Lipinski definition) is 5. The largest absolute Gasteiger partial charge is 0.490 e. The molecule has 0 radical (unpaired) electrons. The third kappa shape index (κ3) is 6.67. The van der Waals surface area contributed by atoms with E-state index >= 15 is 0 Å². The first-order valence-corrected chi connectivity index (χ1v) is 9.68. The Kier molecular flexibility index (Phi) is 7.48. The third-order valence-electron chi connectivity index (χ3n) is 2.71. The summed E-state index contributed by atoms with van der Waals surface area (Å²) in [6.07, 6.45) is 2.42. The summed E-state index contributed by atoms with van der Waals surface area (Å²) < 4.78 is 34.2. The first-order chi connectivity index (χ1) is 9.87. The summed E-state index contributed by atoms with van der Waals surface area (Å²) >= 11 is 3.47. The van der Waals surface area contributed by atoms with Crippen LogP contribution in [-0.4, -0.2) is 40.2 Å². The fourth-order valence-corrected chi connectivity index (χ4v) is 3.08. The molecule has 120 valence electrons. The van der Waals surface area contributed by atoms with E-state index < -0.39 is 9.84 Å². The molecule has 0 bridgehead atoms. The molecule has 0 aliphatic heterocycles. The normalized spacial score (nSPS) is 11.4. The van der Waals surface area contributed by atoms with Crippen LogP contribution in [0.5, 0.6) is 11.5 Å². The highest BCUT2D eigenvalue weighted by Gasteiger charge is 2.12. The van der Waals surface area contributed by atoms with Crippen molar-refractivity contribution in [1.29, 1.82) is 0 Å². The molecule has 0 aliphatic rings. The molecule has 0 saturated heterocycles. The zero-order valence-corrected chi connectivity index (χ0v) is 14.8. The number of ether oxygens (including phenoxy) is 2. The molecule has 0 aromatic heterocycles. The molecule has 0 unspecified atom stereocenters. The van der Waals surface area contributed by atoms with Crippen molar-refractivity contribution in [1.82, 2.24) is 0 Å². The zero-order chi connectivity index (χ0) is 15.9. The van der Waals surface area contributed by atoms with Crippen LogP contribution in [-0.2, 0) is 16.3 Å². The topological polar surface area (TPSA) is 78.6 Å². The average Bonchev–Trinajstić information content (AvgIpc) is 2.36. The van der Waals surface area contributed by atoms with Crippen molar-refractivity contribution in [2.24, 2.45) is 5.73 Å². The maximum Gasteiger partial charge on any atom is 0.175 e. The Bertz CT molecular complexity index is 560. The number of benzene rings is 1. The Hall–Kier alpha value is -0.790. The number of sulfone groups is 1. The maximum absolute atomic E-state index is 11.1. The molecule has 5 nitrogen and oxygen atoms in total. The van der Waals surface area contributed by atoms with E-state index in [1.807, 2.05) is 19.1 Å². The molecule has 21 heavy (non-hydrogen) atoms. The number of nitrogens with two attached hydrogens (primary N) is 1. The van der Waals surface area contributed by atoms with E-state index in [1.54, 1.807) is 0 Å². The second-order valence-electron chi connectivity index (χ2n) is 4.71. The van der Waals surface area contributed by atoms with Gasteiger partial charge in [-0.05, 0) is 59.9 Å². The van der Waals surface area contributed by atoms with Crippen molar-refractivity contribution in [2.45, 2.75) is 19.8 Å². The van der Waals surface area contributed by atoms with Crippen molar-refractivity contribution in [3.8, 4) is 11.5 Å². The molecule has 0 atom stereocenters. The fraction of sp³-hybridized carbons (Fsp3) is 0.571. The second-order valence-corrected chi connectivity index (χ2v) is 7.82. The van der Waals surface area contributed by atoms with Crippen LogP contribution in [0.1, 0.15) is 18.9 Å². The molecular weight excluding hydrogens is 358 g/mol. The van der Waals surface area contributed by atoms with Crippen LogP contribution in [0, 0.1) is 0 Å². The average molecular weight is 380 g/mol. The van der Waals surface area contributed by atoms with Gasteiger partial charge in [-0.15, -0.1) is 0 Å². The Balaban J connectivity index is 2.79. The Morgan fingerprint density at radius 2 is 2.00 bits per heavy atom. The van der Waals surface area contributed by atoms with Crippen LogP contribution >= 0.6 is 15.9 Å². The van der Waals surface area contributed by atoms with E-state index in [0.717, 1.165) is 16.5 Å². The monoisotopic (exact) mass is 379 g/mol. The molecule has 1 aromatic rings. The van der Waals surface area contributed by atoms with E-state index in [4.69, 9.17) is 15.2 Å². The quantitative estimate of drug-likeness (QED) is 0.665. The van der Waals surface area contributed by atoms with Gasteiger partial charge in [0.1, 0.15) is 9.84 Å². The van der Waals surface area contributed by atoms with Crippen LogP contribution in [0.15, 0.2) is 16.6 Å². The Morgan fingerprint density at radius 1 is 1.29 bits per heavy atom. The van der Waals surface area contributed by atoms with Gasteiger partial charge in [0.2, 0.25) is 0 Å². The summed E-state index contributed by atoms with van der Waals surface area (Å²) in [6, 6.07) is 3.86. The van der Waals surface area contributed by atoms with Gasteiger partial charge in [-0.25, -0.2) is 8.42 Å². The molecule has 0 amide bonds. The molecule has 0 saturated carbocycles. The molecule has 2 N–H and O–H groups in total. The van der Waals surface area contributed by atoms with Crippen molar-refractivity contribution in [2.75, 3.05) is 31.8 Å². The summed E-state index contributed by atoms with van der Waals surface area (Å²) in [6.45, 7) is 3.31. The molecular formula is C14H22BrNO4S. The van der Waals surface area contributed by atoms with Crippen molar-refractivity contribution in [3.63, 3.8) is 0 Å². The first-order valence-electron chi connectivity index (χ1n) is 6.83. The molecule has 1 rings (SSSR count). The van der Waals surface area contributed by atoms with Crippen molar-refractivity contribution < 1.29 is 17.9 Å². The predicted molar refractivity (Wildman–Crippen MR) is 87.9 cm³/mol. The highest BCUT2D eigenvalue weighted by atomic mass is 79.9. The Labute approximate surface area is 134 Å². The number of rotatable bonds is 9. The number of hydrogen-bond donors (Lipinski definition) is 1. The van der Waals surface area contributed by atoms with E-state index in [0.29, 0.717) is 37.7 Å². The van der Waals surface area contributed by atoms with Gasteiger partial charge in [-0.3, -0.25) is 0 Å². The van der Waals surface area contributed by atoms with Crippen molar-refractivity contribution >= 4 is 25.8 Å². The number of halogens is 1. The van der Waals surface area contributed by atoms with Gasteiger partial charge in [0.05, 0.1) is 23.4 Å². The van der Waals surface area contributed by atoms with Gasteiger partial charge in [-0.1, -0.05) is 0 Å². The lowest BCUT2D eigenvalue weighted by Gasteiger charge is -2.15. The molecule has 7 heteroatoms. The standard InChI is InChI=1S/C14H22BrNO4S/c1-3-19-13-10-11(5-6-16)9-12(15)14(13)20-7-4-8-21(2,17)18/h9-10H,3-8,16H2,1-2H3. The van der Waals surface area contributed by atoms with Gasteiger partial charge in [-0.2, -0.15) is 0 Å². The SMILES string of the molecule is CCOc1cc(CCN)cc(Br)c1OCCCS(C)(=O)=O. The van der Waals surface area contributed by atoms with Gasteiger partial charge in [0.25, 0.3) is 0 Å². The first kappa shape index (κ1) is 18.3. The minimum Gasteiger partial charge on any atom is -0.490 e. The summed E-state index contributed by atoms with van der Waals surface area (Å²) in [7, 11) is -2.96. The smallest absolute Gasteiger partial charge is 0.175 e. The van der Waals surface area contributed by atoms with Crippen molar-refractivity contribution in [3.05, 3.63) is 22.2 Å². The van der Waals surface area contributed by atoms with E-state index in [2.05, 4.69) is 15.9 Å². The summed E-state index contributed by atoms with van der Waals surface area (Å²) in [5.41, 5.74) is 6.63.